The number of aryl methyl sites for hydroxylation is 1. The number of hydrogen-bond acceptors (Lipinski definition) is 5. The van der Waals surface area contributed by atoms with Gasteiger partial charge in [-0.1, -0.05) is 0 Å². The van der Waals surface area contributed by atoms with Crippen LogP contribution in [0.1, 0.15) is 34.5 Å². The second kappa shape index (κ2) is 7.59. The number of carbonyl (C=O) groups is 3. The number of imide groups is 1. The second-order valence-electron chi connectivity index (χ2n) is 7.21. The lowest BCUT2D eigenvalue weighted by Crippen LogP contribution is -2.50. The van der Waals surface area contributed by atoms with Crippen molar-refractivity contribution in [2.24, 2.45) is 5.73 Å². The molecule has 150 valence electrons. The smallest absolute Gasteiger partial charge is 0.327 e. The van der Waals surface area contributed by atoms with Crippen molar-refractivity contribution in [2.75, 3.05) is 16.8 Å². The lowest BCUT2D eigenvalue weighted by atomic mass is 9.92. The third-order valence-electron chi connectivity index (χ3n) is 5.10. The molecule has 1 saturated heterocycles. The fourth-order valence-corrected chi connectivity index (χ4v) is 3.57. The number of fused-ring (bicyclic) bond motifs is 1. The maximum absolute atomic E-state index is 14.3. The third-order valence-corrected chi connectivity index (χ3v) is 5.10. The van der Waals surface area contributed by atoms with Gasteiger partial charge in [0.25, 0.3) is 5.91 Å². The molecule has 1 atom stereocenters. The Morgan fingerprint density at radius 3 is 2.90 bits per heavy atom. The summed E-state index contributed by atoms with van der Waals surface area (Å²) in [6.45, 7) is 0.0433. The van der Waals surface area contributed by atoms with Crippen LogP contribution >= 0.6 is 0 Å². The molecule has 1 aliphatic carbocycles. The molecule has 4 rings (SSSR count). The minimum absolute atomic E-state index is 0.0433. The molecule has 1 unspecified atom stereocenters. The normalized spacial score (nSPS) is 18.8. The van der Waals surface area contributed by atoms with E-state index in [0.717, 1.165) is 35.1 Å². The highest BCUT2D eigenvalue weighted by Gasteiger charge is 2.27. The topological polar surface area (TPSA) is 117 Å². The van der Waals surface area contributed by atoms with Crippen molar-refractivity contribution in [3.05, 3.63) is 53.1 Å². The average Bonchev–Trinajstić information content (AvgIpc) is 2.68. The molecule has 1 aliphatic heterocycles. The zero-order valence-electron chi connectivity index (χ0n) is 15.6. The molecule has 2 aromatic rings. The van der Waals surface area contributed by atoms with Gasteiger partial charge in [0.1, 0.15) is 5.82 Å². The highest BCUT2D eigenvalue weighted by Crippen LogP contribution is 2.25. The molecular weight excluding hydrogens is 377 g/mol. The quantitative estimate of drug-likeness (QED) is 0.729. The van der Waals surface area contributed by atoms with Crippen LogP contribution in [0.3, 0.4) is 0 Å². The van der Waals surface area contributed by atoms with Crippen molar-refractivity contribution >= 4 is 29.2 Å². The Balaban J connectivity index is 1.54. The van der Waals surface area contributed by atoms with Gasteiger partial charge < -0.3 is 11.1 Å². The van der Waals surface area contributed by atoms with E-state index in [9.17, 15) is 18.8 Å². The van der Waals surface area contributed by atoms with Crippen LogP contribution in [0.4, 0.5) is 20.6 Å². The molecule has 8 nitrogen and oxygen atoms in total. The van der Waals surface area contributed by atoms with Gasteiger partial charge in [-0.15, -0.1) is 0 Å². The van der Waals surface area contributed by atoms with Crippen LogP contribution in [0, 0.1) is 5.82 Å². The number of nitrogens with two attached hydrogens (primary N) is 1. The molecule has 9 heteroatoms. The fraction of sp³-hybridized carbons (Fsp3) is 0.300. The highest BCUT2D eigenvalue weighted by atomic mass is 19.1. The van der Waals surface area contributed by atoms with Crippen LogP contribution in [0.25, 0.3) is 0 Å². The second-order valence-corrected chi connectivity index (χ2v) is 7.21. The van der Waals surface area contributed by atoms with Gasteiger partial charge in [0.05, 0.1) is 17.6 Å². The summed E-state index contributed by atoms with van der Waals surface area (Å²) in [5.41, 5.74) is 8.65. The molecule has 0 bridgehead atoms. The van der Waals surface area contributed by atoms with E-state index in [1.54, 1.807) is 6.20 Å². The summed E-state index contributed by atoms with van der Waals surface area (Å²) >= 11 is 0. The summed E-state index contributed by atoms with van der Waals surface area (Å²) in [6, 6.07) is 4.97. The Morgan fingerprint density at radius 2 is 2.10 bits per heavy atom. The number of aromatic nitrogens is 1. The van der Waals surface area contributed by atoms with E-state index < -0.39 is 23.7 Å². The van der Waals surface area contributed by atoms with Crippen molar-refractivity contribution in [1.29, 1.82) is 0 Å². The summed E-state index contributed by atoms with van der Waals surface area (Å²) in [6.07, 6.45) is 4.05. The number of nitrogens with one attached hydrogen (secondary N) is 2. The standard InChI is InChI=1S/C20H20FN5O3/c21-15-3-1-11(9-17(15)26-6-5-18(27)25-20(26)29)19(28)24-14-8-12-7-13(22)2-4-16(12)23-10-14/h1,3,8-10,13H,2,4-7,22H2,(H,24,28)(H,25,27,29). The van der Waals surface area contributed by atoms with Gasteiger partial charge in [-0.2, -0.15) is 0 Å². The number of benzene rings is 1. The molecule has 0 saturated carbocycles. The zero-order chi connectivity index (χ0) is 20.5. The fourth-order valence-electron chi connectivity index (χ4n) is 3.57. The van der Waals surface area contributed by atoms with Crippen molar-refractivity contribution < 1.29 is 18.8 Å². The number of nitrogens with zero attached hydrogens (tertiary/aromatic N) is 2. The molecule has 2 aliphatic rings. The average molecular weight is 397 g/mol. The van der Waals surface area contributed by atoms with Crippen molar-refractivity contribution in [3.63, 3.8) is 0 Å². The Bertz CT molecular complexity index is 1010. The van der Waals surface area contributed by atoms with Gasteiger partial charge in [-0.25, -0.2) is 9.18 Å². The van der Waals surface area contributed by atoms with E-state index in [1.165, 1.54) is 12.1 Å². The first kappa shape index (κ1) is 19.0. The monoisotopic (exact) mass is 397 g/mol. The number of amides is 4. The first-order valence-corrected chi connectivity index (χ1v) is 9.36. The molecule has 0 radical (unpaired) electrons. The number of pyridine rings is 1. The van der Waals surface area contributed by atoms with Crippen molar-refractivity contribution in [1.82, 2.24) is 10.3 Å². The largest absolute Gasteiger partial charge is 0.328 e. The molecule has 29 heavy (non-hydrogen) atoms. The Hall–Kier alpha value is -3.33. The maximum Gasteiger partial charge on any atom is 0.328 e. The number of urea groups is 1. The first-order chi connectivity index (χ1) is 13.9. The minimum Gasteiger partial charge on any atom is -0.327 e. The lowest BCUT2D eigenvalue weighted by molar-refractivity contribution is -0.120. The third kappa shape index (κ3) is 3.95. The zero-order valence-corrected chi connectivity index (χ0v) is 15.6. The molecule has 1 aromatic carbocycles. The molecular formula is C20H20FN5O3. The first-order valence-electron chi connectivity index (χ1n) is 9.36. The van der Waals surface area contributed by atoms with Crippen LogP contribution in [0.5, 0.6) is 0 Å². The van der Waals surface area contributed by atoms with Gasteiger partial charge in [-0.3, -0.25) is 24.8 Å². The van der Waals surface area contributed by atoms with Crippen LogP contribution in [-0.4, -0.2) is 35.4 Å². The highest BCUT2D eigenvalue weighted by molar-refractivity contribution is 6.08. The van der Waals surface area contributed by atoms with Crippen LogP contribution in [0.2, 0.25) is 0 Å². The van der Waals surface area contributed by atoms with E-state index in [0.29, 0.717) is 12.1 Å². The molecule has 1 fully saturated rings. The molecule has 4 amide bonds. The predicted octanol–water partition coefficient (Wildman–Crippen LogP) is 1.74. The van der Waals surface area contributed by atoms with Crippen LogP contribution < -0.4 is 21.3 Å². The number of rotatable bonds is 3. The van der Waals surface area contributed by atoms with E-state index in [4.69, 9.17) is 5.73 Å². The van der Waals surface area contributed by atoms with Crippen molar-refractivity contribution in [2.45, 2.75) is 31.7 Å². The lowest BCUT2D eigenvalue weighted by Gasteiger charge is -2.27. The minimum atomic E-state index is -0.715. The summed E-state index contributed by atoms with van der Waals surface area (Å²) in [5.74, 6) is -1.53. The van der Waals surface area contributed by atoms with Gasteiger partial charge in [0.2, 0.25) is 5.91 Å². The molecule has 1 aromatic heterocycles. The van der Waals surface area contributed by atoms with Gasteiger partial charge in [-0.05, 0) is 49.1 Å². The Morgan fingerprint density at radius 1 is 1.28 bits per heavy atom. The SMILES string of the molecule is NC1CCc2ncc(NC(=O)c3ccc(F)c(N4CCC(=O)NC4=O)c3)cc2C1. The van der Waals surface area contributed by atoms with Gasteiger partial charge in [0, 0.05) is 30.3 Å². The van der Waals surface area contributed by atoms with E-state index in [2.05, 4.69) is 15.6 Å². The van der Waals surface area contributed by atoms with Gasteiger partial charge >= 0.3 is 6.03 Å². The molecule has 0 spiro atoms. The van der Waals surface area contributed by atoms with E-state index >= 15 is 0 Å². The number of carbonyl (C=O) groups excluding carboxylic acids is 3. The molecule has 2 heterocycles. The van der Waals surface area contributed by atoms with E-state index in [1.807, 2.05) is 6.07 Å². The van der Waals surface area contributed by atoms with E-state index in [-0.39, 0.29) is 30.3 Å². The van der Waals surface area contributed by atoms with Gasteiger partial charge in [0.15, 0.2) is 0 Å². The summed E-state index contributed by atoms with van der Waals surface area (Å²) in [7, 11) is 0. The summed E-state index contributed by atoms with van der Waals surface area (Å²) in [4.78, 5) is 41.5. The summed E-state index contributed by atoms with van der Waals surface area (Å²) < 4.78 is 14.3. The number of hydrogen-bond donors (Lipinski definition) is 3. The Labute approximate surface area is 166 Å². The molecule has 4 N–H and O–H groups in total. The maximum atomic E-state index is 14.3. The summed E-state index contributed by atoms with van der Waals surface area (Å²) in [5, 5.41) is 4.89. The number of halogens is 1. The predicted molar refractivity (Wildman–Crippen MR) is 104 cm³/mol. The van der Waals surface area contributed by atoms with Crippen LogP contribution in [0.15, 0.2) is 30.5 Å². The van der Waals surface area contributed by atoms with Crippen LogP contribution in [-0.2, 0) is 17.6 Å². The number of anilines is 2. The van der Waals surface area contributed by atoms with Crippen molar-refractivity contribution in [3.8, 4) is 0 Å². The Kier molecular flexibility index (Phi) is 4.98.